The van der Waals surface area contributed by atoms with Crippen LogP contribution in [0.1, 0.15) is 57.7 Å². The third-order valence-electron chi connectivity index (χ3n) is 4.39. The van der Waals surface area contributed by atoms with Gasteiger partial charge >= 0.3 is 0 Å². The molecule has 3 unspecified atom stereocenters. The molecule has 0 aliphatic heterocycles. The van der Waals surface area contributed by atoms with Gasteiger partial charge in [0, 0.05) is 18.1 Å². The van der Waals surface area contributed by atoms with E-state index in [1.165, 1.54) is 24.0 Å². The summed E-state index contributed by atoms with van der Waals surface area (Å²) in [5.74, 6) is 0. The predicted molar refractivity (Wildman–Crippen MR) is 89.2 cm³/mol. The molecule has 1 N–H and O–H groups in total. The SMILES string of the molecule is CCCC(C)N(C)C(C)C(NCC)c1ccc(C)cc1. The van der Waals surface area contributed by atoms with Crippen LogP contribution in [0.3, 0.4) is 0 Å². The lowest BCUT2D eigenvalue weighted by Crippen LogP contribution is -2.44. The normalized spacial score (nSPS) is 16.1. The minimum Gasteiger partial charge on any atom is -0.309 e. The Morgan fingerprint density at radius 3 is 2.20 bits per heavy atom. The van der Waals surface area contributed by atoms with Crippen LogP contribution < -0.4 is 5.32 Å². The van der Waals surface area contributed by atoms with Crippen molar-refractivity contribution in [3.05, 3.63) is 35.4 Å². The maximum Gasteiger partial charge on any atom is 0.0475 e. The highest BCUT2D eigenvalue weighted by Crippen LogP contribution is 2.23. The number of nitrogens with one attached hydrogen (secondary N) is 1. The third-order valence-corrected chi connectivity index (χ3v) is 4.39. The Labute approximate surface area is 125 Å². The fourth-order valence-electron chi connectivity index (χ4n) is 2.82. The Bertz CT molecular complexity index is 372. The second-order valence-electron chi connectivity index (χ2n) is 5.99. The Morgan fingerprint density at radius 1 is 1.10 bits per heavy atom. The molecule has 2 nitrogen and oxygen atoms in total. The highest BCUT2D eigenvalue weighted by molar-refractivity contribution is 5.25. The number of hydrogen-bond acceptors (Lipinski definition) is 2. The van der Waals surface area contributed by atoms with E-state index in [0.29, 0.717) is 18.1 Å². The van der Waals surface area contributed by atoms with E-state index in [4.69, 9.17) is 0 Å². The first-order valence-corrected chi connectivity index (χ1v) is 8.03. The Morgan fingerprint density at radius 2 is 1.70 bits per heavy atom. The van der Waals surface area contributed by atoms with Gasteiger partial charge < -0.3 is 5.32 Å². The lowest BCUT2D eigenvalue weighted by atomic mass is 9.97. The molecular weight excluding hydrogens is 244 g/mol. The van der Waals surface area contributed by atoms with Crippen molar-refractivity contribution in [2.45, 2.75) is 65.6 Å². The standard InChI is InChI=1S/C18H32N2/c1-7-9-15(4)20(6)16(5)18(19-8-2)17-12-10-14(3)11-13-17/h10-13,15-16,18-19H,7-9H2,1-6H3. The summed E-state index contributed by atoms with van der Waals surface area (Å²) in [5.41, 5.74) is 2.71. The van der Waals surface area contributed by atoms with E-state index in [0.717, 1.165) is 6.54 Å². The zero-order valence-electron chi connectivity index (χ0n) is 14.1. The number of nitrogens with zero attached hydrogens (tertiary/aromatic N) is 1. The molecule has 0 spiro atoms. The van der Waals surface area contributed by atoms with Crippen molar-refractivity contribution in [1.82, 2.24) is 10.2 Å². The molecule has 1 aromatic carbocycles. The van der Waals surface area contributed by atoms with Crippen molar-refractivity contribution in [2.75, 3.05) is 13.6 Å². The van der Waals surface area contributed by atoms with Gasteiger partial charge in [0.2, 0.25) is 0 Å². The largest absolute Gasteiger partial charge is 0.309 e. The minimum absolute atomic E-state index is 0.393. The number of aryl methyl sites for hydroxylation is 1. The number of hydrogen-bond donors (Lipinski definition) is 1. The van der Waals surface area contributed by atoms with E-state index in [9.17, 15) is 0 Å². The topological polar surface area (TPSA) is 15.3 Å². The van der Waals surface area contributed by atoms with Crippen LogP contribution in [0.4, 0.5) is 0 Å². The van der Waals surface area contributed by atoms with Gasteiger partial charge in [-0.15, -0.1) is 0 Å². The average Bonchev–Trinajstić information content (AvgIpc) is 2.44. The molecule has 0 radical (unpaired) electrons. The third kappa shape index (κ3) is 4.60. The summed E-state index contributed by atoms with van der Waals surface area (Å²) in [6.07, 6.45) is 2.50. The molecule has 0 bridgehead atoms. The fourth-order valence-corrected chi connectivity index (χ4v) is 2.82. The van der Waals surface area contributed by atoms with Crippen LogP contribution in [0, 0.1) is 6.92 Å². The minimum atomic E-state index is 0.393. The summed E-state index contributed by atoms with van der Waals surface area (Å²) < 4.78 is 0. The van der Waals surface area contributed by atoms with Gasteiger partial charge in [0.25, 0.3) is 0 Å². The molecule has 2 heteroatoms. The molecule has 20 heavy (non-hydrogen) atoms. The maximum absolute atomic E-state index is 3.65. The van der Waals surface area contributed by atoms with Crippen molar-refractivity contribution < 1.29 is 0 Å². The van der Waals surface area contributed by atoms with E-state index < -0.39 is 0 Å². The molecule has 0 amide bonds. The van der Waals surface area contributed by atoms with Gasteiger partial charge in [-0.2, -0.15) is 0 Å². The molecule has 0 saturated carbocycles. The van der Waals surface area contributed by atoms with Crippen molar-refractivity contribution >= 4 is 0 Å². The Balaban J connectivity index is 2.86. The van der Waals surface area contributed by atoms with Gasteiger partial charge in [0.05, 0.1) is 0 Å². The summed E-state index contributed by atoms with van der Waals surface area (Å²) >= 11 is 0. The monoisotopic (exact) mass is 276 g/mol. The lowest BCUT2D eigenvalue weighted by molar-refractivity contribution is 0.152. The molecule has 0 fully saturated rings. The zero-order valence-corrected chi connectivity index (χ0v) is 14.1. The first-order chi connectivity index (χ1) is 9.51. The van der Waals surface area contributed by atoms with Gasteiger partial charge in [-0.05, 0) is 46.3 Å². The molecule has 1 aromatic rings. The van der Waals surface area contributed by atoms with Crippen LogP contribution in [0.5, 0.6) is 0 Å². The highest BCUT2D eigenvalue weighted by atomic mass is 15.2. The van der Waals surface area contributed by atoms with E-state index in [-0.39, 0.29) is 0 Å². The van der Waals surface area contributed by atoms with Crippen LogP contribution in [-0.2, 0) is 0 Å². The summed E-state index contributed by atoms with van der Waals surface area (Å²) in [6, 6.07) is 10.4. The summed E-state index contributed by atoms with van der Waals surface area (Å²) in [4.78, 5) is 2.51. The Hall–Kier alpha value is -0.860. The maximum atomic E-state index is 3.65. The first-order valence-electron chi connectivity index (χ1n) is 8.03. The number of benzene rings is 1. The fraction of sp³-hybridized carbons (Fsp3) is 0.667. The van der Waals surface area contributed by atoms with Crippen LogP contribution >= 0.6 is 0 Å². The quantitative estimate of drug-likeness (QED) is 0.767. The van der Waals surface area contributed by atoms with Gasteiger partial charge in [-0.1, -0.05) is 50.1 Å². The molecule has 0 aromatic heterocycles. The molecule has 0 aliphatic rings. The molecule has 114 valence electrons. The van der Waals surface area contributed by atoms with Gasteiger partial charge in [0.1, 0.15) is 0 Å². The van der Waals surface area contributed by atoms with E-state index >= 15 is 0 Å². The molecule has 0 aliphatic carbocycles. The first kappa shape index (κ1) is 17.2. The van der Waals surface area contributed by atoms with E-state index in [1.807, 2.05) is 0 Å². The van der Waals surface area contributed by atoms with Crippen molar-refractivity contribution in [2.24, 2.45) is 0 Å². The molecule has 3 atom stereocenters. The van der Waals surface area contributed by atoms with Crippen LogP contribution in [0.25, 0.3) is 0 Å². The van der Waals surface area contributed by atoms with Crippen LogP contribution in [0.2, 0.25) is 0 Å². The predicted octanol–water partition coefficient (Wildman–Crippen LogP) is 4.15. The summed E-state index contributed by atoms with van der Waals surface area (Å²) in [5, 5.41) is 3.65. The molecule has 0 heterocycles. The van der Waals surface area contributed by atoms with Gasteiger partial charge in [-0.25, -0.2) is 0 Å². The second kappa shape index (κ2) is 8.43. The smallest absolute Gasteiger partial charge is 0.0475 e. The van der Waals surface area contributed by atoms with Crippen LogP contribution in [-0.4, -0.2) is 30.6 Å². The van der Waals surface area contributed by atoms with Crippen molar-refractivity contribution in [3.8, 4) is 0 Å². The Kier molecular flexibility index (Phi) is 7.25. The highest BCUT2D eigenvalue weighted by Gasteiger charge is 2.24. The van der Waals surface area contributed by atoms with E-state index in [2.05, 4.69) is 76.1 Å². The van der Waals surface area contributed by atoms with Crippen LogP contribution in [0.15, 0.2) is 24.3 Å². The average molecular weight is 276 g/mol. The van der Waals surface area contributed by atoms with Crippen molar-refractivity contribution in [1.29, 1.82) is 0 Å². The molecular formula is C18H32N2. The van der Waals surface area contributed by atoms with E-state index in [1.54, 1.807) is 0 Å². The van der Waals surface area contributed by atoms with Gasteiger partial charge in [-0.3, -0.25) is 4.90 Å². The second-order valence-corrected chi connectivity index (χ2v) is 5.99. The number of rotatable bonds is 8. The molecule has 0 saturated heterocycles. The molecule has 1 rings (SSSR count). The lowest BCUT2D eigenvalue weighted by Gasteiger charge is -2.36. The zero-order chi connectivity index (χ0) is 15.1. The van der Waals surface area contributed by atoms with Gasteiger partial charge in [0.15, 0.2) is 0 Å². The summed E-state index contributed by atoms with van der Waals surface area (Å²) in [7, 11) is 2.25. The summed E-state index contributed by atoms with van der Waals surface area (Å²) in [6.45, 7) is 12.3. The number of likely N-dealkylation sites (N-methyl/N-ethyl adjacent to an activating group) is 2. The van der Waals surface area contributed by atoms with Crippen molar-refractivity contribution in [3.63, 3.8) is 0 Å².